The minimum Gasteiger partial charge on any atom is -0.495 e. The number of ether oxygens (including phenoxy) is 1. The molecule has 1 atom stereocenters. The van der Waals surface area contributed by atoms with E-state index in [9.17, 15) is 9.59 Å². The Morgan fingerprint density at radius 1 is 1.38 bits per heavy atom. The van der Waals surface area contributed by atoms with E-state index in [0.29, 0.717) is 22.3 Å². The predicted molar refractivity (Wildman–Crippen MR) is 91.3 cm³/mol. The molecule has 3 rings (SSSR count). The number of nitrogens with zero attached hydrogens (tertiary/aromatic N) is 2. The van der Waals surface area contributed by atoms with Gasteiger partial charge >= 0.3 is 0 Å². The van der Waals surface area contributed by atoms with Gasteiger partial charge in [0.15, 0.2) is 0 Å². The molecule has 1 fully saturated rings. The monoisotopic (exact) mass is 345 g/mol. The Labute approximate surface area is 144 Å². The van der Waals surface area contributed by atoms with Gasteiger partial charge in [0.2, 0.25) is 11.8 Å². The quantitative estimate of drug-likeness (QED) is 0.924. The van der Waals surface area contributed by atoms with Crippen LogP contribution in [0.3, 0.4) is 0 Å². The average molecular weight is 346 g/mol. The second kappa shape index (κ2) is 6.88. The number of hydrogen-bond acceptors (Lipinski definition) is 4. The molecule has 0 bridgehead atoms. The number of methoxy groups -OCH3 is 1. The normalized spacial score (nSPS) is 17.0. The standard InChI is InChI=1S/C17H16ClN3O3/c1-24-14-6-5-12(18)9-13(14)21-10-11(8-16(21)22)17(23)20-15-4-2-3-7-19-15/h2-7,9,11H,8,10H2,1H3,(H,19,20,23). The molecular weight excluding hydrogens is 330 g/mol. The summed E-state index contributed by atoms with van der Waals surface area (Å²) in [6.07, 6.45) is 1.73. The Kier molecular flexibility index (Phi) is 4.66. The first-order valence-corrected chi connectivity index (χ1v) is 7.82. The van der Waals surface area contributed by atoms with E-state index >= 15 is 0 Å². The number of hydrogen-bond donors (Lipinski definition) is 1. The smallest absolute Gasteiger partial charge is 0.230 e. The second-order valence-electron chi connectivity index (χ2n) is 5.43. The number of amides is 2. The fraction of sp³-hybridized carbons (Fsp3) is 0.235. The molecule has 1 aromatic heterocycles. The van der Waals surface area contributed by atoms with Crippen LogP contribution in [0, 0.1) is 5.92 Å². The number of benzene rings is 1. The molecule has 0 saturated carbocycles. The van der Waals surface area contributed by atoms with Gasteiger partial charge in [-0.05, 0) is 30.3 Å². The van der Waals surface area contributed by atoms with Crippen LogP contribution in [0.25, 0.3) is 0 Å². The van der Waals surface area contributed by atoms with Crippen LogP contribution in [-0.4, -0.2) is 30.5 Å². The zero-order chi connectivity index (χ0) is 17.1. The lowest BCUT2D eigenvalue weighted by atomic mass is 10.1. The average Bonchev–Trinajstić information content (AvgIpc) is 2.97. The molecular formula is C17H16ClN3O3. The summed E-state index contributed by atoms with van der Waals surface area (Å²) in [6.45, 7) is 0.272. The van der Waals surface area contributed by atoms with Gasteiger partial charge < -0.3 is 15.0 Å². The summed E-state index contributed by atoms with van der Waals surface area (Å²) in [4.78, 5) is 30.3. The van der Waals surface area contributed by atoms with Crippen molar-refractivity contribution in [3.05, 3.63) is 47.6 Å². The van der Waals surface area contributed by atoms with E-state index in [-0.39, 0.29) is 24.8 Å². The molecule has 1 aliphatic rings. The highest BCUT2D eigenvalue weighted by Crippen LogP contribution is 2.35. The first kappa shape index (κ1) is 16.3. The van der Waals surface area contributed by atoms with Gasteiger partial charge in [0.05, 0.1) is 18.7 Å². The molecule has 2 aromatic rings. The van der Waals surface area contributed by atoms with Gasteiger partial charge in [-0.1, -0.05) is 17.7 Å². The minimum absolute atomic E-state index is 0.133. The molecule has 124 valence electrons. The van der Waals surface area contributed by atoms with E-state index in [0.717, 1.165) is 0 Å². The summed E-state index contributed by atoms with van der Waals surface area (Å²) in [5.74, 6) is 0.178. The number of pyridine rings is 1. The van der Waals surface area contributed by atoms with Gasteiger partial charge in [-0.3, -0.25) is 9.59 Å². The van der Waals surface area contributed by atoms with Crippen LogP contribution in [0.4, 0.5) is 11.5 Å². The maximum absolute atomic E-state index is 12.4. The number of halogens is 1. The number of rotatable bonds is 4. The third-order valence-electron chi connectivity index (χ3n) is 3.84. The van der Waals surface area contributed by atoms with E-state index in [1.165, 1.54) is 12.0 Å². The summed E-state index contributed by atoms with van der Waals surface area (Å²) in [5, 5.41) is 3.23. The van der Waals surface area contributed by atoms with Gasteiger partial charge in [0.25, 0.3) is 0 Å². The highest BCUT2D eigenvalue weighted by molar-refractivity contribution is 6.31. The fourth-order valence-electron chi connectivity index (χ4n) is 2.66. The Bertz CT molecular complexity index is 767. The van der Waals surface area contributed by atoms with Crippen LogP contribution in [0.5, 0.6) is 5.75 Å². The topological polar surface area (TPSA) is 71.5 Å². The van der Waals surface area contributed by atoms with Crippen molar-refractivity contribution in [1.82, 2.24) is 4.98 Å². The first-order valence-electron chi connectivity index (χ1n) is 7.44. The van der Waals surface area contributed by atoms with E-state index < -0.39 is 5.92 Å². The van der Waals surface area contributed by atoms with Gasteiger partial charge in [-0.15, -0.1) is 0 Å². The molecule has 0 radical (unpaired) electrons. The Balaban J connectivity index is 1.76. The predicted octanol–water partition coefficient (Wildman–Crippen LogP) is 2.74. The van der Waals surface area contributed by atoms with Gasteiger partial charge in [-0.25, -0.2) is 4.98 Å². The molecule has 2 amide bonds. The maximum atomic E-state index is 12.4. The highest BCUT2D eigenvalue weighted by Gasteiger charge is 2.36. The van der Waals surface area contributed by atoms with Crippen molar-refractivity contribution in [1.29, 1.82) is 0 Å². The van der Waals surface area contributed by atoms with Crippen molar-refractivity contribution in [3.8, 4) is 5.75 Å². The summed E-state index contributed by atoms with van der Waals surface area (Å²) < 4.78 is 5.29. The Morgan fingerprint density at radius 3 is 2.92 bits per heavy atom. The van der Waals surface area contributed by atoms with Crippen molar-refractivity contribution in [2.24, 2.45) is 5.92 Å². The molecule has 1 saturated heterocycles. The number of carbonyl (C=O) groups is 2. The molecule has 1 unspecified atom stereocenters. The highest BCUT2D eigenvalue weighted by atomic mass is 35.5. The summed E-state index contributed by atoms with van der Waals surface area (Å²) in [7, 11) is 1.53. The maximum Gasteiger partial charge on any atom is 0.230 e. The lowest BCUT2D eigenvalue weighted by Crippen LogP contribution is -2.28. The lowest BCUT2D eigenvalue weighted by molar-refractivity contribution is -0.122. The Hall–Kier alpha value is -2.60. The molecule has 0 aliphatic carbocycles. The molecule has 0 spiro atoms. The molecule has 2 heterocycles. The van der Waals surface area contributed by atoms with E-state index in [2.05, 4.69) is 10.3 Å². The minimum atomic E-state index is -0.455. The van der Waals surface area contributed by atoms with Crippen molar-refractivity contribution >= 4 is 34.9 Å². The fourth-order valence-corrected chi connectivity index (χ4v) is 2.82. The molecule has 1 aromatic carbocycles. The van der Waals surface area contributed by atoms with E-state index in [1.807, 2.05) is 0 Å². The van der Waals surface area contributed by atoms with Crippen LogP contribution in [0.15, 0.2) is 42.6 Å². The third kappa shape index (κ3) is 3.33. The van der Waals surface area contributed by atoms with Crippen molar-refractivity contribution in [2.75, 3.05) is 23.9 Å². The Morgan fingerprint density at radius 2 is 2.21 bits per heavy atom. The van der Waals surface area contributed by atoms with Crippen molar-refractivity contribution < 1.29 is 14.3 Å². The second-order valence-corrected chi connectivity index (χ2v) is 5.86. The van der Waals surface area contributed by atoms with Crippen LogP contribution in [0.1, 0.15) is 6.42 Å². The molecule has 1 aliphatic heterocycles. The van der Waals surface area contributed by atoms with Crippen LogP contribution in [0.2, 0.25) is 5.02 Å². The summed E-state index contributed by atoms with van der Waals surface area (Å²) in [6, 6.07) is 10.3. The lowest BCUT2D eigenvalue weighted by Gasteiger charge is -2.19. The summed E-state index contributed by atoms with van der Waals surface area (Å²) >= 11 is 6.03. The van der Waals surface area contributed by atoms with Gasteiger partial charge in [0, 0.05) is 24.2 Å². The van der Waals surface area contributed by atoms with E-state index in [1.54, 1.807) is 42.6 Å². The first-order chi connectivity index (χ1) is 11.6. The summed E-state index contributed by atoms with van der Waals surface area (Å²) in [5.41, 5.74) is 0.572. The van der Waals surface area contributed by atoms with Gasteiger partial charge in [-0.2, -0.15) is 0 Å². The van der Waals surface area contributed by atoms with Gasteiger partial charge in [0.1, 0.15) is 11.6 Å². The van der Waals surface area contributed by atoms with Crippen molar-refractivity contribution in [2.45, 2.75) is 6.42 Å². The molecule has 7 heteroatoms. The SMILES string of the molecule is COc1ccc(Cl)cc1N1CC(C(=O)Nc2ccccn2)CC1=O. The van der Waals surface area contributed by atoms with Crippen LogP contribution >= 0.6 is 11.6 Å². The van der Waals surface area contributed by atoms with Crippen molar-refractivity contribution in [3.63, 3.8) is 0 Å². The molecule has 6 nitrogen and oxygen atoms in total. The zero-order valence-electron chi connectivity index (χ0n) is 13.0. The third-order valence-corrected chi connectivity index (χ3v) is 4.08. The van der Waals surface area contributed by atoms with Crippen LogP contribution < -0.4 is 15.0 Å². The number of anilines is 2. The largest absolute Gasteiger partial charge is 0.495 e. The number of nitrogens with one attached hydrogen (secondary N) is 1. The molecule has 1 N–H and O–H groups in total. The number of carbonyl (C=O) groups excluding carboxylic acids is 2. The van der Waals surface area contributed by atoms with Crippen LogP contribution in [-0.2, 0) is 9.59 Å². The number of aromatic nitrogens is 1. The zero-order valence-corrected chi connectivity index (χ0v) is 13.8. The van der Waals surface area contributed by atoms with E-state index in [4.69, 9.17) is 16.3 Å². The molecule has 24 heavy (non-hydrogen) atoms.